The minimum absolute atomic E-state index is 0.0710. The molecule has 4 nitrogen and oxygen atoms in total. The van der Waals surface area contributed by atoms with E-state index >= 15 is 0 Å². The van der Waals surface area contributed by atoms with Crippen LogP contribution in [-0.2, 0) is 14.3 Å². The average molecular weight is 271 g/mol. The molecule has 112 valence electrons. The molecule has 0 bridgehead atoms. The third-order valence-electron chi connectivity index (χ3n) is 3.53. The highest BCUT2D eigenvalue weighted by molar-refractivity contribution is 5.80. The Hall–Kier alpha value is -1.06. The SMILES string of the molecule is CCCCN(CC(C)C(=O)OC)C(=O)C(CC)CC. The van der Waals surface area contributed by atoms with E-state index < -0.39 is 0 Å². The molecular formula is C15H29NO3. The summed E-state index contributed by atoms with van der Waals surface area (Å²) in [6.45, 7) is 9.17. The van der Waals surface area contributed by atoms with Crippen LogP contribution >= 0.6 is 0 Å². The van der Waals surface area contributed by atoms with E-state index in [4.69, 9.17) is 4.74 Å². The van der Waals surface area contributed by atoms with E-state index in [0.29, 0.717) is 6.54 Å². The number of rotatable bonds is 9. The first-order chi connectivity index (χ1) is 9.01. The predicted octanol–water partition coefficient (Wildman–Crippen LogP) is 2.86. The van der Waals surface area contributed by atoms with Gasteiger partial charge in [0.1, 0.15) is 0 Å². The van der Waals surface area contributed by atoms with Gasteiger partial charge in [0.05, 0.1) is 13.0 Å². The summed E-state index contributed by atoms with van der Waals surface area (Å²) < 4.78 is 4.73. The number of hydrogen-bond acceptors (Lipinski definition) is 3. The molecule has 0 heterocycles. The summed E-state index contributed by atoms with van der Waals surface area (Å²) in [6, 6.07) is 0. The summed E-state index contributed by atoms with van der Waals surface area (Å²) in [6.07, 6.45) is 3.72. The van der Waals surface area contributed by atoms with Crippen LogP contribution in [0.15, 0.2) is 0 Å². The largest absolute Gasteiger partial charge is 0.469 e. The summed E-state index contributed by atoms with van der Waals surface area (Å²) in [7, 11) is 1.39. The van der Waals surface area contributed by atoms with Crippen LogP contribution in [0.25, 0.3) is 0 Å². The molecule has 0 aliphatic rings. The summed E-state index contributed by atoms with van der Waals surface area (Å²) in [5, 5.41) is 0. The van der Waals surface area contributed by atoms with Gasteiger partial charge in [-0.3, -0.25) is 9.59 Å². The van der Waals surface area contributed by atoms with Crippen molar-refractivity contribution < 1.29 is 14.3 Å². The van der Waals surface area contributed by atoms with Crippen molar-refractivity contribution >= 4 is 11.9 Å². The van der Waals surface area contributed by atoms with Crippen molar-refractivity contribution in [1.82, 2.24) is 4.90 Å². The smallest absolute Gasteiger partial charge is 0.310 e. The zero-order valence-corrected chi connectivity index (χ0v) is 13.1. The average Bonchev–Trinajstić information content (AvgIpc) is 2.43. The number of carbonyl (C=O) groups is 2. The normalized spacial score (nSPS) is 12.3. The van der Waals surface area contributed by atoms with Gasteiger partial charge in [0, 0.05) is 19.0 Å². The molecule has 4 heteroatoms. The van der Waals surface area contributed by atoms with Crippen LogP contribution < -0.4 is 0 Å². The van der Waals surface area contributed by atoms with Crippen molar-refractivity contribution in [2.24, 2.45) is 11.8 Å². The number of carbonyl (C=O) groups excluding carboxylic acids is 2. The first kappa shape index (κ1) is 17.9. The second kappa shape index (κ2) is 9.82. The molecule has 0 aliphatic heterocycles. The molecule has 19 heavy (non-hydrogen) atoms. The summed E-state index contributed by atoms with van der Waals surface area (Å²) >= 11 is 0. The van der Waals surface area contributed by atoms with Crippen LogP contribution in [0.2, 0.25) is 0 Å². The molecule has 0 saturated heterocycles. The van der Waals surface area contributed by atoms with Crippen molar-refractivity contribution in [2.45, 2.75) is 53.4 Å². The standard InChI is InChI=1S/C15H29NO3/c1-6-9-10-16(11-12(4)15(18)19-5)14(17)13(7-2)8-3/h12-13H,6-11H2,1-5H3. The van der Waals surface area contributed by atoms with Gasteiger partial charge in [-0.2, -0.15) is 0 Å². The Bertz CT molecular complexity index is 275. The van der Waals surface area contributed by atoms with Crippen molar-refractivity contribution in [3.8, 4) is 0 Å². The fraction of sp³-hybridized carbons (Fsp3) is 0.867. The van der Waals surface area contributed by atoms with Gasteiger partial charge in [0.25, 0.3) is 0 Å². The van der Waals surface area contributed by atoms with E-state index in [1.165, 1.54) is 7.11 Å². The Kier molecular flexibility index (Phi) is 9.27. The monoisotopic (exact) mass is 271 g/mol. The predicted molar refractivity (Wildman–Crippen MR) is 76.7 cm³/mol. The Balaban J connectivity index is 4.69. The van der Waals surface area contributed by atoms with Crippen LogP contribution in [-0.4, -0.2) is 37.0 Å². The molecule has 0 aromatic rings. The lowest BCUT2D eigenvalue weighted by Gasteiger charge is -2.28. The first-order valence-corrected chi connectivity index (χ1v) is 7.38. The zero-order valence-electron chi connectivity index (χ0n) is 13.1. The summed E-state index contributed by atoms with van der Waals surface area (Å²) in [5.74, 6) is -0.269. The van der Waals surface area contributed by atoms with Gasteiger partial charge in [-0.25, -0.2) is 0 Å². The minimum Gasteiger partial charge on any atom is -0.469 e. The molecule has 0 rings (SSSR count). The molecule has 1 amide bonds. The molecule has 1 unspecified atom stereocenters. The van der Waals surface area contributed by atoms with Crippen LogP contribution in [0.5, 0.6) is 0 Å². The van der Waals surface area contributed by atoms with E-state index in [1.54, 1.807) is 0 Å². The molecule has 0 fully saturated rings. The number of amides is 1. The maximum atomic E-state index is 12.4. The number of ether oxygens (including phenoxy) is 1. The lowest BCUT2D eigenvalue weighted by Crippen LogP contribution is -2.41. The van der Waals surface area contributed by atoms with E-state index in [-0.39, 0.29) is 23.7 Å². The highest BCUT2D eigenvalue weighted by Gasteiger charge is 2.25. The summed E-state index contributed by atoms with van der Waals surface area (Å²) in [5.41, 5.74) is 0. The summed E-state index contributed by atoms with van der Waals surface area (Å²) in [4.78, 5) is 25.8. The van der Waals surface area contributed by atoms with Crippen LogP contribution in [0.1, 0.15) is 53.4 Å². The molecule has 0 saturated carbocycles. The number of nitrogens with zero attached hydrogens (tertiary/aromatic N) is 1. The molecule has 0 N–H and O–H groups in total. The zero-order chi connectivity index (χ0) is 14.8. The minimum atomic E-state index is -0.264. The van der Waals surface area contributed by atoms with Crippen LogP contribution in [0, 0.1) is 11.8 Å². The van der Waals surface area contributed by atoms with Gasteiger partial charge in [0.15, 0.2) is 0 Å². The number of unbranched alkanes of at least 4 members (excludes halogenated alkanes) is 1. The molecule has 0 aliphatic carbocycles. The van der Waals surface area contributed by atoms with Crippen molar-refractivity contribution in [3.05, 3.63) is 0 Å². The van der Waals surface area contributed by atoms with E-state index in [0.717, 1.165) is 32.2 Å². The first-order valence-electron chi connectivity index (χ1n) is 7.38. The van der Waals surface area contributed by atoms with Crippen molar-refractivity contribution in [1.29, 1.82) is 0 Å². The van der Waals surface area contributed by atoms with E-state index in [2.05, 4.69) is 6.92 Å². The quantitative estimate of drug-likeness (QED) is 0.606. The second-order valence-corrected chi connectivity index (χ2v) is 5.08. The Labute approximate surface area is 117 Å². The number of esters is 1. The highest BCUT2D eigenvalue weighted by atomic mass is 16.5. The van der Waals surface area contributed by atoms with Gasteiger partial charge in [-0.15, -0.1) is 0 Å². The van der Waals surface area contributed by atoms with Gasteiger partial charge in [0.2, 0.25) is 5.91 Å². The Morgan fingerprint density at radius 2 is 1.74 bits per heavy atom. The molecule has 1 atom stereocenters. The van der Waals surface area contributed by atoms with Crippen molar-refractivity contribution in [2.75, 3.05) is 20.2 Å². The topological polar surface area (TPSA) is 46.6 Å². The number of methoxy groups -OCH3 is 1. The van der Waals surface area contributed by atoms with E-state index in [1.807, 2.05) is 25.7 Å². The Morgan fingerprint density at radius 3 is 2.16 bits per heavy atom. The molecule has 0 radical (unpaired) electrons. The van der Waals surface area contributed by atoms with Gasteiger partial charge < -0.3 is 9.64 Å². The number of hydrogen-bond donors (Lipinski definition) is 0. The maximum absolute atomic E-state index is 12.4. The van der Waals surface area contributed by atoms with Gasteiger partial charge in [-0.05, 0) is 19.3 Å². The fourth-order valence-electron chi connectivity index (χ4n) is 2.14. The molecule has 0 aromatic carbocycles. The van der Waals surface area contributed by atoms with Gasteiger partial charge >= 0.3 is 5.97 Å². The molecule has 0 spiro atoms. The third-order valence-corrected chi connectivity index (χ3v) is 3.53. The fourth-order valence-corrected chi connectivity index (χ4v) is 2.14. The van der Waals surface area contributed by atoms with Crippen LogP contribution in [0.3, 0.4) is 0 Å². The Morgan fingerprint density at radius 1 is 1.16 bits per heavy atom. The lowest BCUT2D eigenvalue weighted by molar-refractivity contribution is -0.147. The highest BCUT2D eigenvalue weighted by Crippen LogP contribution is 2.14. The van der Waals surface area contributed by atoms with Crippen molar-refractivity contribution in [3.63, 3.8) is 0 Å². The maximum Gasteiger partial charge on any atom is 0.310 e. The van der Waals surface area contributed by atoms with Gasteiger partial charge in [-0.1, -0.05) is 34.1 Å². The lowest BCUT2D eigenvalue weighted by atomic mass is 10.0. The second-order valence-electron chi connectivity index (χ2n) is 5.08. The molecule has 0 aromatic heterocycles. The third kappa shape index (κ3) is 6.08. The molecular weight excluding hydrogens is 242 g/mol. The van der Waals surface area contributed by atoms with Crippen LogP contribution in [0.4, 0.5) is 0 Å². The van der Waals surface area contributed by atoms with E-state index in [9.17, 15) is 9.59 Å².